The summed E-state index contributed by atoms with van der Waals surface area (Å²) in [5, 5.41) is 0. The maximum absolute atomic E-state index is 2.49. The quantitative estimate of drug-likeness (QED) is 0.402. The Morgan fingerprint density at radius 1 is 0.562 bits per heavy atom. The van der Waals surface area contributed by atoms with E-state index in [1.807, 2.05) is 22.0 Å². The molecule has 0 saturated carbocycles. The van der Waals surface area contributed by atoms with Crippen LogP contribution in [-0.2, 0) is 0 Å². The minimum Gasteiger partial charge on any atom is -0.240 e. The number of hydrogen-bond acceptors (Lipinski definition) is 4. The van der Waals surface area contributed by atoms with Gasteiger partial charge < -0.3 is 0 Å². The van der Waals surface area contributed by atoms with E-state index in [1.54, 1.807) is 0 Å². The second-order valence-corrected chi connectivity index (χ2v) is 6.23. The Labute approximate surface area is 110 Å². The molecule has 0 unspecified atom stereocenters. The van der Waals surface area contributed by atoms with E-state index in [-0.39, 0.29) is 0 Å². The van der Waals surface area contributed by atoms with Crippen LogP contribution in [0.25, 0.3) is 0 Å². The molecule has 0 aromatic rings. The van der Waals surface area contributed by atoms with Crippen LogP contribution in [-0.4, -0.2) is 34.8 Å². The van der Waals surface area contributed by atoms with E-state index in [1.165, 1.54) is 51.9 Å². The van der Waals surface area contributed by atoms with Crippen molar-refractivity contribution >= 4 is 22.0 Å². The molecule has 0 amide bonds. The minimum atomic E-state index is 1.21. The van der Waals surface area contributed by atoms with Gasteiger partial charge in [-0.1, -0.05) is 27.7 Å². The van der Waals surface area contributed by atoms with Crippen LogP contribution in [0, 0.1) is 0 Å². The van der Waals surface area contributed by atoms with Gasteiger partial charge in [-0.15, -0.1) is 0 Å². The van der Waals surface area contributed by atoms with Gasteiger partial charge in [0.1, 0.15) is 0 Å². The fourth-order valence-electron chi connectivity index (χ4n) is 1.46. The zero-order valence-electron chi connectivity index (χ0n) is 11.4. The summed E-state index contributed by atoms with van der Waals surface area (Å²) in [6.07, 6.45) is 4.98. The first-order chi connectivity index (χ1) is 7.78. The highest BCUT2D eigenvalue weighted by atomic mass is 33.1. The van der Waals surface area contributed by atoms with E-state index >= 15 is 0 Å². The molecule has 4 heteroatoms. The van der Waals surface area contributed by atoms with E-state index in [2.05, 4.69) is 36.3 Å². The second-order valence-electron chi connectivity index (χ2n) is 4.01. The lowest BCUT2D eigenvalue weighted by Crippen LogP contribution is -2.21. The summed E-state index contributed by atoms with van der Waals surface area (Å²) >= 11 is 0. The molecule has 0 atom stereocenters. The maximum Gasteiger partial charge on any atom is 0.00950 e. The predicted octanol–water partition coefficient (Wildman–Crippen LogP) is 4.44. The predicted molar refractivity (Wildman–Crippen MR) is 79.5 cm³/mol. The molecule has 0 N–H and O–H groups in total. The first-order valence-corrected chi connectivity index (χ1v) is 8.69. The third-order valence-electron chi connectivity index (χ3n) is 2.14. The van der Waals surface area contributed by atoms with Crippen LogP contribution in [0.5, 0.6) is 0 Å². The second kappa shape index (κ2) is 12.1. The van der Waals surface area contributed by atoms with Crippen LogP contribution < -0.4 is 0 Å². The van der Waals surface area contributed by atoms with E-state index in [0.717, 1.165) is 0 Å². The monoisotopic (exact) mass is 264 g/mol. The van der Waals surface area contributed by atoms with Crippen molar-refractivity contribution in [3.63, 3.8) is 0 Å². The first kappa shape index (κ1) is 16.6. The Balaban J connectivity index is 3.83. The van der Waals surface area contributed by atoms with E-state index < -0.39 is 0 Å². The standard InChI is InChI=1S/C12H28N2S2/c1-5-9-13(10-6-2)15-16-14(11-7-3)12-8-4/h5-12H2,1-4H3. The summed E-state index contributed by atoms with van der Waals surface area (Å²) in [4.78, 5) is 0. The summed E-state index contributed by atoms with van der Waals surface area (Å²) < 4.78 is 4.98. The van der Waals surface area contributed by atoms with Crippen molar-refractivity contribution in [2.45, 2.75) is 53.4 Å². The SMILES string of the molecule is CCCN(CCC)SSN(CCC)CCC. The lowest BCUT2D eigenvalue weighted by molar-refractivity contribution is 0.462. The fraction of sp³-hybridized carbons (Fsp3) is 1.00. The van der Waals surface area contributed by atoms with Crippen molar-refractivity contribution in [2.24, 2.45) is 0 Å². The normalized spacial score (nSPS) is 11.6. The Bertz CT molecular complexity index is 117. The molecule has 0 rings (SSSR count). The highest BCUT2D eigenvalue weighted by Gasteiger charge is 2.08. The molecule has 0 aliphatic heterocycles. The minimum absolute atomic E-state index is 1.21. The molecule has 0 spiro atoms. The van der Waals surface area contributed by atoms with Crippen LogP contribution in [0.3, 0.4) is 0 Å². The van der Waals surface area contributed by atoms with Gasteiger partial charge in [0.2, 0.25) is 0 Å². The summed E-state index contributed by atoms with van der Waals surface area (Å²) in [5.41, 5.74) is 0. The molecule has 0 bridgehead atoms. The van der Waals surface area contributed by atoms with Crippen LogP contribution >= 0.6 is 22.0 Å². The highest BCUT2D eigenvalue weighted by molar-refractivity contribution is 8.74. The number of nitrogens with zero attached hydrogens (tertiary/aromatic N) is 2. The molecule has 2 nitrogen and oxygen atoms in total. The molecule has 98 valence electrons. The molecular formula is C12H28N2S2. The summed E-state index contributed by atoms with van der Waals surface area (Å²) in [5.74, 6) is 0. The summed E-state index contributed by atoms with van der Waals surface area (Å²) in [6, 6.07) is 0. The molecule has 0 aliphatic rings. The maximum atomic E-state index is 2.49. The summed E-state index contributed by atoms with van der Waals surface area (Å²) in [7, 11) is 3.87. The molecule has 0 radical (unpaired) electrons. The largest absolute Gasteiger partial charge is 0.240 e. The van der Waals surface area contributed by atoms with Crippen molar-refractivity contribution < 1.29 is 0 Å². The molecule has 0 saturated heterocycles. The molecule has 0 fully saturated rings. The van der Waals surface area contributed by atoms with Gasteiger partial charge >= 0.3 is 0 Å². The van der Waals surface area contributed by atoms with Gasteiger partial charge in [0.25, 0.3) is 0 Å². The molecule has 0 aromatic heterocycles. The molecule has 0 aromatic carbocycles. The van der Waals surface area contributed by atoms with Crippen molar-refractivity contribution in [2.75, 3.05) is 26.2 Å². The van der Waals surface area contributed by atoms with Gasteiger partial charge in [0, 0.05) is 48.1 Å². The lowest BCUT2D eigenvalue weighted by Gasteiger charge is -2.24. The van der Waals surface area contributed by atoms with Gasteiger partial charge in [-0.25, -0.2) is 8.61 Å². The van der Waals surface area contributed by atoms with Crippen molar-refractivity contribution in [1.82, 2.24) is 8.61 Å². The molecule has 0 aliphatic carbocycles. The van der Waals surface area contributed by atoms with Gasteiger partial charge in [-0.2, -0.15) is 0 Å². The van der Waals surface area contributed by atoms with Gasteiger partial charge in [-0.05, 0) is 25.7 Å². The van der Waals surface area contributed by atoms with Gasteiger partial charge in [0.05, 0.1) is 0 Å². The van der Waals surface area contributed by atoms with Gasteiger partial charge in [0.15, 0.2) is 0 Å². The molecule has 16 heavy (non-hydrogen) atoms. The van der Waals surface area contributed by atoms with Crippen LogP contribution in [0.15, 0.2) is 0 Å². The Hall–Kier alpha value is 0.620. The van der Waals surface area contributed by atoms with Crippen LogP contribution in [0.1, 0.15) is 53.4 Å². The average Bonchev–Trinajstić information content (AvgIpc) is 2.27. The number of rotatable bonds is 11. The topological polar surface area (TPSA) is 6.48 Å². The Kier molecular flexibility index (Phi) is 12.6. The molecular weight excluding hydrogens is 236 g/mol. The van der Waals surface area contributed by atoms with Crippen LogP contribution in [0.4, 0.5) is 0 Å². The van der Waals surface area contributed by atoms with Crippen molar-refractivity contribution in [1.29, 1.82) is 0 Å². The van der Waals surface area contributed by atoms with Crippen molar-refractivity contribution in [3.05, 3.63) is 0 Å². The third-order valence-corrected chi connectivity index (χ3v) is 4.82. The van der Waals surface area contributed by atoms with E-state index in [4.69, 9.17) is 0 Å². The van der Waals surface area contributed by atoms with E-state index in [9.17, 15) is 0 Å². The zero-order chi connectivity index (χ0) is 12.2. The lowest BCUT2D eigenvalue weighted by atomic mass is 10.4. The van der Waals surface area contributed by atoms with E-state index in [0.29, 0.717) is 0 Å². The first-order valence-electron chi connectivity index (χ1n) is 6.63. The highest BCUT2D eigenvalue weighted by Crippen LogP contribution is 2.30. The Morgan fingerprint density at radius 3 is 1.00 bits per heavy atom. The average molecular weight is 265 g/mol. The fourth-order valence-corrected chi connectivity index (χ4v) is 4.14. The smallest absolute Gasteiger partial charge is 0.00950 e. The molecule has 0 heterocycles. The van der Waals surface area contributed by atoms with Crippen molar-refractivity contribution in [3.8, 4) is 0 Å². The summed E-state index contributed by atoms with van der Waals surface area (Å²) in [6.45, 7) is 13.8. The zero-order valence-corrected chi connectivity index (χ0v) is 13.0. The van der Waals surface area contributed by atoms with Crippen LogP contribution in [0.2, 0.25) is 0 Å². The Morgan fingerprint density at radius 2 is 0.812 bits per heavy atom. The number of hydrogen-bond donors (Lipinski definition) is 0. The third kappa shape index (κ3) is 8.74. The van der Waals surface area contributed by atoms with Gasteiger partial charge in [-0.3, -0.25) is 0 Å².